The number of hydrogen-bond acceptors (Lipinski definition) is 3. The zero-order chi connectivity index (χ0) is 10.5. The summed E-state index contributed by atoms with van der Waals surface area (Å²) in [7, 11) is 0. The molecule has 0 amide bonds. The van der Waals surface area contributed by atoms with Crippen LogP contribution in [0, 0.1) is 0 Å². The highest BCUT2D eigenvalue weighted by Crippen LogP contribution is 2.20. The van der Waals surface area contributed by atoms with Gasteiger partial charge in [-0.3, -0.25) is 0 Å². The van der Waals surface area contributed by atoms with Gasteiger partial charge in [-0.05, 0) is 47.1 Å². The second kappa shape index (κ2) is 4.94. The van der Waals surface area contributed by atoms with E-state index in [1.165, 1.54) is 0 Å². The molecule has 0 fully saturated rings. The van der Waals surface area contributed by atoms with Gasteiger partial charge in [0.25, 0.3) is 0 Å². The molecule has 3 N–H and O–H groups in total. The maximum atomic E-state index is 9.79. The second-order valence-corrected chi connectivity index (χ2v) is 4.54. The van der Waals surface area contributed by atoms with E-state index in [-0.39, 0.29) is 12.1 Å². The molecule has 0 spiro atoms. The Hall–Kier alpha value is -0.120. The first-order valence-electron chi connectivity index (χ1n) is 4.89. The first kappa shape index (κ1) is 12.9. The molecule has 0 bridgehead atoms. The Morgan fingerprint density at radius 3 is 2.00 bits per heavy atom. The Kier molecular flexibility index (Phi) is 4.89. The van der Waals surface area contributed by atoms with Crippen LogP contribution >= 0.6 is 0 Å². The Bertz CT molecular complexity index is 138. The maximum absolute atomic E-state index is 9.79. The molecule has 0 unspecified atom stereocenters. The van der Waals surface area contributed by atoms with Gasteiger partial charge in [-0.2, -0.15) is 0 Å². The van der Waals surface area contributed by atoms with E-state index >= 15 is 0 Å². The number of aliphatic hydroxyl groups excluding tert-OH is 1. The van der Waals surface area contributed by atoms with Gasteiger partial charge >= 0.3 is 0 Å². The highest BCUT2D eigenvalue weighted by molar-refractivity contribution is 4.93. The minimum atomic E-state index is -0.730. The maximum Gasteiger partial charge on any atom is 0.0767 e. The fraction of sp³-hybridized carbons (Fsp3) is 1.00. The van der Waals surface area contributed by atoms with Gasteiger partial charge in [0.1, 0.15) is 0 Å². The lowest BCUT2D eigenvalue weighted by Gasteiger charge is -2.38. The van der Waals surface area contributed by atoms with Crippen LogP contribution in [-0.2, 0) is 0 Å². The monoisotopic (exact) mass is 189 g/mol. The third kappa shape index (κ3) is 4.60. The third-order valence-corrected chi connectivity index (χ3v) is 2.68. The van der Waals surface area contributed by atoms with Crippen LogP contribution in [-0.4, -0.2) is 34.5 Å². The smallest absolute Gasteiger partial charge is 0.0767 e. The van der Waals surface area contributed by atoms with Crippen molar-refractivity contribution in [2.75, 3.05) is 13.2 Å². The number of unbranched alkanes of at least 4 members (excludes halogenated alkanes) is 1. The van der Waals surface area contributed by atoms with Gasteiger partial charge in [-0.15, -0.1) is 0 Å². The van der Waals surface area contributed by atoms with Crippen LogP contribution in [0.4, 0.5) is 0 Å². The summed E-state index contributed by atoms with van der Waals surface area (Å²) in [6.45, 7) is 8.62. The van der Waals surface area contributed by atoms with E-state index in [2.05, 4.69) is 5.32 Å². The first-order chi connectivity index (χ1) is 5.81. The molecular weight excluding hydrogens is 166 g/mol. The van der Waals surface area contributed by atoms with Crippen LogP contribution in [0.1, 0.15) is 40.5 Å². The zero-order valence-corrected chi connectivity index (χ0v) is 9.22. The minimum absolute atomic E-state index is 0.241. The standard InChI is InChI=1S/C10H23NO2/c1-9(2,10(3,4)13)11-7-5-6-8-12/h11-13H,5-8H2,1-4H3. The predicted molar refractivity (Wildman–Crippen MR) is 54.7 cm³/mol. The van der Waals surface area contributed by atoms with Crippen molar-refractivity contribution < 1.29 is 10.2 Å². The molecular formula is C10H23NO2. The first-order valence-corrected chi connectivity index (χ1v) is 4.89. The molecule has 0 aliphatic heterocycles. The number of hydrogen-bond donors (Lipinski definition) is 3. The van der Waals surface area contributed by atoms with Crippen molar-refractivity contribution in [1.29, 1.82) is 0 Å². The molecule has 0 aliphatic carbocycles. The van der Waals surface area contributed by atoms with E-state index in [0.717, 1.165) is 19.4 Å². The molecule has 3 nitrogen and oxygen atoms in total. The summed E-state index contributed by atoms with van der Waals surface area (Å²) in [5.74, 6) is 0. The number of rotatable bonds is 6. The minimum Gasteiger partial charge on any atom is -0.396 e. The van der Waals surface area contributed by atoms with E-state index in [4.69, 9.17) is 5.11 Å². The fourth-order valence-corrected chi connectivity index (χ4v) is 0.854. The van der Waals surface area contributed by atoms with Gasteiger partial charge in [0.05, 0.1) is 5.60 Å². The molecule has 0 aromatic rings. The SMILES string of the molecule is CC(C)(O)C(C)(C)NCCCCO. The zero-order valence-electron chi connectivity index (χ0n) is 9.22. The molecule has 13 heavy (non-hydrogen) atoms. The predicted octanol–water partition coefficient (Wildman–Crippen LogP) is 0.898. The van der Waals surface area contributed by atoms with Crippen LogP contribution in [0.15, 0.2) is 0 Å². The normalized spacial score (nSPS) is 13.4. The van der Waals surface area contributed by atoms with Crippen LogP contribution in [0.3, 0.4) is 0 Å². The average Bonchev–Trinajstić information content (AvgIpc) is 1.96. The summed E-state index contributed by atoms with van der Waals surface area (Å²) in [5, 5.41) is 21.6. The molecule has 0 saturated carbocycles. The highest BCUT2D eigenvalue weighted by Gasteiger charge is 2.33. The van der Waals surface area contributed by atoms with E-state index in [0.29, 0.717) is 0 Å². The van der Waals surface area contributed by atoms with Crippen molar-refractivity contribution in [3.63, 3.8) is 0 Å². The summed E-state index contributed by atoms with van der Waals surface area (Å²) < 4.78 is 0. The Morgan fingerprint density at radius 2 is 1.62 bits per heavy atom. The Balaban J connectivity index is 3.77. The molecule has 3 heteroatoms. The quantitative estimate of drug-likeness (QED) is 0.544. The van der Waals surface area contributed by atoms with E-state index < -0.39 is 5.60 Å². The molecule has 0 atom stereocenters. The lowest BCUT2D eigenvalue weighted by molar-refractivity contribution is -0.00450. The highest BCUT2D eigenvalue weighted by atomic mass is 16.3. The van der Waals surface area contributed by atoms with Crippen molar-refractivity contribution in [3.05, 3.63) is 0 Å². The van der Waals surface area contributed by atoms with E-state index in [1.54, 1.807) is 13.8 Å². The molecule has 0 rings (SSSR count). The van der Waals surface area contributed by atoms with Crippen LogP contribution < -0.4 is 5.32 Å². The van der Waals surface area contributed by atoms with Gasteiger partial charge in [0.15, 0.2) is 0 Å². The number of aliphatic hydroxyl groups is 2. The molecule has 80 valence electrons. The van der Waals surface area contributed by atoms with Crippen molar-refractivity contribution in [2.24, 2.45) is 0 Å². The lowest BCUT2D eigenvalue weighted by Crippen LogP contribution is -2.56. The summed E-state index contributed by atoms with van der Waals surface area (Å²) >= 11 is 0. The van der Waals surface area contributed by atoms with Crippen molar-refractivity contribution in [2.45, 2.75) is 51.7 Å². The van der Waals surface area contributed by atoms with Gasteiger partial charge < -0.3 is 15.5 Å². The van der Waals surface area contributed by atoms with Crippen molar-refractivity contribution in [3.8, 4) is 0 Å². The van der Waals surface area contributed by atoms with E-state index in [1.807, 2.05) is 13.8 Å². The molecule has 0 saturated heterocycles. The Morgan fingerprint density at radius 1 is 1.08 bits per heavy atom. The van der Waals surface area contributed by atoms with Gasteiger partial charge in [-0.1, -0.05) is 0 Å². The largest absolute Gasteiger partial charge is 0.396 e. The number of nitrogens with one attached hydrogen (secondary N) is 1. The van der Waals surface area contributed by atoms with Crippen LogP contribution in [0.5, 0.6) is 0 Å². The molecule has 0 aromatic carbocycles. The van der Waals surface area contributed by atoms with Gasteiger partial charge in [-0.25, -0.2) is 0 Å². The van der Waals surface area contributed by atoms with E-state index in [9.17, 15) is 5.11 Å². The summed E-state index contributed by atoms with van der Waals surface area (Å²) in [5.41, 5.74) is -1.02. The summed E-state index contributed by atoms with van der Waals surface area (Å²) in [6, 6.07) is 0. The average molecular weight is 189 g/mol. The van der Waals surface area contributed by atoms with Crippen LogP contribution in [0.2, 0.25) is 0 Å². The molecule has 0 radical (unpaired) electrons. The Labute approximate surface area is 81.2 Å². The molecule has 0 heterocycles. The van der Waals surface area contributed by atoms with Gasteiger partial charge in [0.2, 0.25) is 0 Å². The second-order valence-electron chi connectivity index (χ2n) is 4.54. The van der Waals surface area contributed by atoms with Crippen molar-refractivity contribution >= 4 is 0 Å². The summed E-state index contributed by atoms with van der Waals surface area (Å²) in [4.78, 5) is 0. The molecule has 0 aliphatic rings. The third-order valence-electron chi connectivity index (χ3n) is 2.68. The topological polar surface area (TPSA) is 52.5 Å². The van der Waals surface area contributed by atoms with Crippen LogP contribution in [0.25, 0.3) is 0 Å². The molecule has 0 aromatic heterocycles. The van der Waals surface area contributed by atoms with Gasteiger partial charge in [0, 0.05) is 12.1 Å². The summed E-state index contributed by atoms with van der Waals surface area (Å²) in [6.07, 6.45) is 1.75. The lowest BCUT2D eigenvalue weighted by atomic mass is 9.86. The van der Waals surface area contributed by atoms with Crippen molar-refractivity contribution in [1.82, 2.24) is 5.32 Å². The fourth-order valence-electron chi connectivity index (χ4n) is 0.854.